The number of carbonyl (C=O) groups is 3. The summed E-state index contributed by atoms with van der Waals surface area (Å²) in [6.07, 6.45) is 0.815. The zero-order chi connectivity index (χ0) is 23.0. The third-order valence-electron chi connectivity index (χ3n) is 8.67. The summed E-state index contributed by atoms with van der Waals surface area (Å²) in [6.45, 7) is 4.84. The number of carbonyl (C=O) groups excluding carboxylic acids is 3. The van der Waals surface area contributed by atoms with Crippen molar-refractivity contribution in [3.63, 3.8) is 0 Å². The Morgan fingerprint density at radius 1 is 1.32 bits per heavy atom. The number of aliphatic hydroxyl groups is 1. The molecule has 0 aliphatic heterocycles. The number of fused-ring (bicyclic) bond motifs is 5. The monoisotopic (exact) mass is 454 g/mol. The van der Waals surface area contributed by atoms with Gasteiger partial charge in [0.05, 0.1) is 6.10 Å². The van der Waals surface area contributed by atoms with Crippen molar-refractivity contribution in [1.29, 1.82) is 0 Å². The molecule has 0 amide bonds. The van der Waals surface area contributed by atoms with Crippen molar-refractivity contribution in [3.05, 3.63) is 23.8 Å². The van der Waals surface area contributed by atoms with Gasteiger partial charge in [-0.2, -0.15) is 0 Å². The lowest BCUT2D eigenvalue weighted by Crippen LogP contribution is -2.70. The molecule has 0 aromatic heterocycles. The third-order valence-corrected chi connectivity index (χ3v) is 9.03. The van der Waals surface area contributed by atoms with E-state index < -0.39 is 63.1 Å². The maximum Gasteiger partial charge on any atom is 0.306 e. The number of hydrogen-bond acceptors (Lipinski definition) is 5. The van der Waals surface area contributed by atoms with Gasteiger partial charge in [-0.05, 0) is 56.3 Å². The highest BCUT2D eigenvalue weighted by molar-refractivity contribution is 7.96. The van der Waals surface area contributed by atoms with Crippen LogP contribution in [0.5, 0.6) is 0 Å². The lowest BCUT2D eigenvalue weighted by Gasteiger charge is -2.63. The molecule has 8 heteroatoms. The molecule has 0 aromatic carbocycles. The van der Waals surface area contributed by atoms with Crippen LogP contribution in [0, 0.1) is 22.7 Å². The van der Waals surface area contributed by atoms with E-state index >= 15 is 8.78 Å². The smallest absolute Gasteiger partial charge is 0.306 e. The first-order chi connectivity index (χ1) is 14.4. The first-order valence-electron chi connectivity index (χ1n) is 10.8. The second kappa shape index (κ2) is 6.98. The molecular weight excluding hydrogens is 426 g/mol. The molecule has 0 bridgehead atoms. The molecule has 31 heavy (non-hydrogen) atoms. The quantitative estimate of drug-likeness (QED) is 0.504. The summed E-state index contributed by atoms with van der Waals surface area (Å²) in [4.78, 5) is 36.8. The molecule has 0 heterocycles. The molecular formula is C23H28F2O5S. The lowest BCUT2D eigenvalue weighted by atomic mass is 9.44. The van der Waals surface area contributed by atoms with E-state index in [1.807, 2.05) is 0 Å². The fourth-order valence-electron chi connectivity index (χ4n) is 7.02. The Morgan fingerprint density at radius 3 is 2.61 bits per heavy atom. The van der Waals surface area contributed by atoms with E-state index in [-0.39, 0.29) is 31.3 Å². The fraction of sp³-hybridized carbons (Fsp3) is 0.696. The molecule has 3 fully saturated rings. The first kappa shape index (κ1) is 22.6. The number of halogens is 2. The molecule has 1 N–H and O–H groups in total. The molecule has 3 saturated carbocycles. The van der Waals surface area contributed by atoms with Crippen LogP contribution in [0.1, 0.15) is 52.9 Å². The summed E-state index contributed by atoms with van der Waals surface area (Å²) in [7, 11) is 0. The molecule has 0 spiro atoms. The molecule has 5 nitrogen and oxygen atoms in total. The number of allylic oxidation sites excluding steroid dienone is 4. The van der Waals surface area contributed by atoms with Crippen LogP contribution in [0.2, 0.25) is 0 Å². The summed E-state index contributed by atoms with van der Waals surface area (Å²) in [5.41, 5.74) is -6.36. The van der Waals surface area contributed by atoms with Crippen LogP contribution in [0.3, 0.4) is 0 Å². The van der Waals surface area contributed by atoms with Crippen LogP contribution >= 0.6 is 12.6 Å². The third kappa shape index (κ3) is 2.67. The molecule has 4 aliphatic rings. The van der Waals surface area contributed by atoms with Gasteiger partial charge in [0, 0.05) is 23.2 Å². The molecule has 2 unspecified atom stereocenters. The zero-order valence-corrected chi connectivity index (χ0v) is 18.8. The Morgan fingerprint density at radius 2 is 2.00 bits per heavy atom. The summed E-state index contributed by atoms with van der Waals surface area (Å²) in [5.74, 6) is -2.41. The van der Waals surface area contributed by atoms with Crippen LogP contribution < -0.4 is 0 Å². The minimum Gasteiger partial charge on any atom is -0.449 e. The van der Waals surface area contributed by atoms with E-state index in [1.54, 1.807) is 13.8 Å². The standard InChI is InChI=1S/C23H28F2O5S/c1-4-18(28)30-22(19(29)31)8-6-13-14-10-16(24)15-9-12(26)5-7-20(15,2)23(14,25)17(27)11-21(13,22)3/h5,7,9,13-14,16-17,27H,4,6,8,10-11H2,1-3H3,(H,29,31)/t13?,14?,16-,17-,20-,21-,22-,23-/m0/s1. The normalized spacial score (nSPS) is 48.4. The molecule has 0 aromatic rings. The zero-order valence-electron chi connectivity index (χ0n) is 17.9. The maximum atomic E-state index is 17.0. The van der Waals surface area contributed by atoms with Crippen LogP contribution in [-0.2, 0) is 19.1 Å². The van der Waals surface area contributed by atoms with Gasteiger partial charge in [0.1, 0.15) is 6.17 Å². The highest BCUT2D eigenvalue weighted by Crippen LogP contribution is 2.70. The topological polar surface area (TPSA) is 80.7 Å². The number of aliphatic hydroxyl groups excluding tert-OH is 1. The predicted molar refractivity (Wildman–Crippen MR) is 112 cm³/mol. The molecule has 170 valence electrons. The Kier molecular flexibility index (Phi) is 5.10. The summed E-state index contributed by atoms with van der Waals surface area (Å²) >= 11 is 4.03. The predicted octanol–water partition coefficient (Wildman–Crippen LogP) is 3.45. The average molecular weight is 455 g/mol. The van der Waals surface area contributed by atoms with Crippen LogP contribution in [0.15, 0.2) is 23.8 Å². The maximum absolute atomic E-state index is 17.0. The van der Waals surface area contributed by atoms with E-state index in [0.29, 0.717) is 6.42 Å². The molecule has 8 atom stereocenters. The van der Waals surface area contributed by atoms with Gasteiger partial charge in [0.15, 0.2) is 17.1 Å². The van der Waals surface area contributed by atoms with Gasteiger partial charge in [-0.15, -0.1) is 12.6 Å². The van der Waals surface area contributed by atoms with E-state index in [1.165, 1.54) is 19.1 Å². The van der Waals surface area contributed by atoms with Crippen molar-refractivity contribution in [2.75, 3.05) is 0 Å². The molecule has 4 rings (SSSR count). The number of hydrogen-bond donors (Lipinski definition) is 2. The van der Waals surface area contributed by atoms with E-state index in [2.05, 4.69) is 12.6 Å². The molecule has 4 aliphatic carbocycles. The van der Waals surface area contributed by atoms with Gasteiger partial charge < -0.3 is 9.84 Å². The van der Waals surface area contributed by atoms with Crippen LogP contribution in [0.4, 0.5) is 8.78 Å². The van der Waals surface area contributed by atoms with E-state index in [9.17, 15) is 19.5 Å². The number of rotatable bonds is 3. The average Bonchev–Trinajstić information content (AvgIpc) is 2.98. The lowest BCUT2D eigenvalue weighted by molar-refractivity contribution is -0.226. The van der Waals surface area contributed by atoms with Crippen molar-refractivity contribution in [2.45, 2.75) is 76.4 Å². The van der Waals surface area contributed by atoms with Crippen LogP contribution in [-0.4, -0.2) is 45.5 Å². The van der Waals surface area contributed by atoms with Crippen molar-refractivity contribution in [1.82, 2.24) is 0 Å². The number of esters is 1. The van der Waals surface area contributed by atoms with E-state index in [0.717, 1.165) is 6.08 Å². The SMILES string of the molecule is CCC(=O)O[C@]1(C(=O)S)CCC2C3C[C@H](F)C4=CC(=O)C=C[C@]4(C)[C@@]3(F)[C@@H](O)C[C@@]21C. The van der Waals surface area contributed by atoms with Crippen LogP contribution in [0.25, 0.3) is 0 Å². The summed E-state index contributed by atoms with van der Waals surface area (Å²) < 4.78 is 38.0. The van der Waals surface area contributed by atoms with Gasteiger partial charge in [-0.25, -0.2) is 8.78 Å². The first-order valence-corrected chi connectivity index (χ1v) is 11.2. The number of alkyl halides is 2. The summed E-state index contributed by atoms with van der Waals surface area (Å²) in [6, 6.07) is 0. The van der Waals surface area contributed by atoms with Crippen molar-refractivity contribution < 1.29 is 33.0 Å². The number of thiol groups is 1. The Balaban J connectivity index is 1.84. The van der Waals surface area contributed by atoms with Crippen molar-refractivity contribution in [3.8, 4) is 0 Å². The molecule has 0 saturated heterocycles. The molecule has 0 radical (unpaired) electrons. The minimum atomic E-state index is -2.23. The number of ether oxygens (including phenoxy) is 1. The van der Waals surface area contributed by atoms with Crippen molar-refractivity contribution >= 4 is 29.5 Å². The van der Waals surface area contributed by atoms with Crippen molar-refractivity contribution in [2.24, 2.45) is 22.7 Å². The van der Waals surface area contributed by atoms with Gasteiger partial charge in [0.25, 0.3) is 0 Å². The highest BCUT2D eigenvalue weighted by atomic mass is 32.1. The number of ketones is 1. The van der Waals surface area contributed by atoms with Gasteiger partial charge in [-0.3, -0.25) is 14.4 Å². The second-order valence-corrected chi connectivity index (χ2v) is 10.3. The van der Waals surface area contributed by atoms with Gasteiger partial charge >= 0.3 is 5.97 Å². The second-order valence-electron chi connectivity index (χ2n) is 9.86. The van der Waals surface area contributed by atoms with Gasteiger partial charge in [-0.1, -0.05) is 19.9 Å². The Hall–Kier alpha value is -1.54. The summed E-state index contributed by atoms with van der Waals surface area (Å²) in [5, 5.41) is 10.6. The Bertz CT molecular complexity index is 918. The fourth-order valence-corrected chi connectivity index (χ4v) is 7.43. The van der Waals surface area contributed by atoms with Gasteiger partial charge in [0.2, 0.25) is 5.12 Å². The highest BCUT2D eigenvalue weighted by Gasteiger charge is 2.76. The van der Waals surface area contributed by atoms with E-state index in [4.69, 9.17) is 4.74 Å². The Labute approximate surface area is 185 Å². The largest absolute Gasteiger partial charge is 0.449 e. The minimum absolute atomic E-state index is 0.0494.